The third kappa shape index (κ3) is 3.95. The molecule has 1 fully saturated rings. The van der Waals surface area contributed by atoms with Crippen LogP contribution in [-0.2, 0) is 4.74 Å². The van der Waals surface area contributed by atoms with Gasteiger partial charge in [-0.05, 0) is 37.9 Å². The number of halogens is 1. The molecule has 0 radical (unpaired) electrons. The van der Waals surface area contributed by atoms with Gasteiger partial charge in [0.2, 0.25) is 0 Å². The van der Waals surface area contributed by atoms with Crippen LogP contribution in [0.3, 0.4) is 0 Å². The second-order valence-corrected chi connectivity index (χ2v) is 5.39. The average molecular weight is 297 g/mol. The maximum atomic E-state index is 12.4. The Morgan fingerprint density at radius 3 is 2.70 bits per heavy atom. The zero-order valence-corrected chi connectivity index (χ0v) is 12.3. The van der Waals surface area contributed by atoms with Gasteiger partial charge >= 0.3 is 0 Å². The molecule has 1 heterocycles. The molecule has 1 aromatic carbocycles. The largest absolute Gasteiger partial charge is 0.378 e. The molecular weight excluding hydrogens is 276 g/mol. The molecule has 4 nitrogen and oxygen atoms in total. The summed E-state index contributed by atoms with van der Waals surface area (Å²) in [5.41, 5.74) is 6.02. The second-order valence-electron chi connectivity index (χ2n) is 4.98. The molecule has 1 amide bonds. The van der Waals surface area contributed by atoms with Crippen molar-refractivity contribution in [1.29, 1.82) is 0 Å². The van der Waals surface area contributed by atoms with Crippen LogP contribution in [-0.4, -0.2) is 43.2 Å². The molecule has 5 heteroatoms. The molecule has 0 saturated carbocycles. The number of benzene rings is 1. The third-order valence-corrected chi connectivity index (χ3v) is 3.87. The number of hydrogen-bond acceptors (Lipinski definition) is 3. The van der Waals surface area contributed by atoms with Crippen molar-refractivity contribution >= 4 is 17.5 Å². The molecule has 1 aromatic rings. The Balaban J connectivity index is 1.85. The highest BCUT2D eigenvalue weighted by Gasteiger charge is 2.24. The van der Waals surface area contributed by atoms with Crippen LogP contribution in [0.15, 0.2) is 24.3 Å². The van der Waals surface area contributed by atoms with Crippen molar-refractivity contribution in [3.05, 3.63) is 34.9 Å². The number of nitrogens with two attached hydrogens (primary N) is 1. The first-order valence-electron chi connectivity index (χ1n) is 7.08. The minimum absolute atomic E-state index is 0.0102. The van der Waals surface area contributed by atoms with Gasteiger partial charge < -0.3 is 15.4 Å². The highest BCUT2D eigenvalue weighted by molar-refractivity contribution is 6.33. The molecule has 1 saturated heterocycles. The fourth-order valence-corrected chi connectivity index (χ4v) is 2.58. The summed E-state index contributed by atoms with van der Waals surface area (Å²) in [6.45, 7) is 2.80. The molecule has 2 rings (SSSR count). The fourth-order valence-electron chi connectivity index (χ4n) is 2.36. The van der Waals surface area contributed by atoms with Gasteiger partial charge in [-0.15, -0.1) is 0 Å². The molecule has 20 heavy (non-hydrogen) atoms. The molecule has 110 valence electrons. The van der Waals surface area contributed by atoms with Gasteiger partial charge in [0.05, 0.1) is 16.7 Å². The number of likely N-dealkylation sites (tertiary alicyclic amines) is 1. The first-order valence-corrected chi connectivity index (χ1v) is 7.45. The van der Waals surface area contributed by atoms with Crippen molar-refractivity contribution in [1.82, 2.24) is 4.90 Å². The molecule has 0 aromatic heterocycles. The van der Waals surface area contributed by atoms with Gasteiger partial charge in [-0.2, -0.15) is 0 Å². The number of carbonyl (C=O) groups excluding carboxylic acids is 1. The molecule has 2 N–H and O–H groups in total. The summed E-state index contributed by atoms with van der Waals surface area (Å²) in [5.74, 6) is 0.0102. The summed E-state index contributed by atoms with van der Waals surface area (Å²) >= 11 is 6.07. The van der Waals surface area contributed by atoms with Crippen LogP contribution in [0.2, 0.25) is 5.02 Å². The monoisotopic (exact) mass is 296 g/mol. The Labute approximate surface area is 124 Å². The maximum absolute atomic E-state index is 12.4. The van der Waals surface area contributed by atoms with E-state index in [4.69, 9.17) is 22.1 Å². The van der Waals surface area contributed by atoms with Crippen LogP contribution in [0.1, 0.15) is 29.6 Å². The first-order chi connectivity index (χ1) is 9.72. The lowest BCUT2D eigenvalue weighted by molar-refractivity contribution is 0.00845. The maximum Gasteiger partial charge on any atom is 0.255 e. The highest BCUT2D eigenvalue weighted by atomic mass is 35.5. The molecule has 1 aliphatic heterocycles. The number of nitrogens with zero attached hydrogens (tertiary/aromatic N) is 1. The number of carbonyl (C=O) groups is 1. The lowest BCUT2D eigenvalue weighted by Crippen LogP contribution is -2.41. The minimum atomic E-state index is 0.0102. The number of amides is 1. The van der Waals surface area contributed by atoms with Crippen molar-refractivity contribution in [3.8, 4) is 0 Å². The standard InChI is InChI=1S/C15H21ClN2O2/c16-14-5-2-1-4-13(14)15(19)18-9-6-12(7-10-18)20-11-3-8-17/h1-2,4-5,12H,3,6-11,17H2. The van der Waals surface area contributed by atoms with Crippen molar-refractivity contribution in [2.24, 2.45) is 5.73 Å². The van der Waals surface area contributed by atoms with E-state index >= 15 is 0 Å². The van der Waals surface area contributed by atoms with Crippen LogP contribution in [0.5, 0.6) is 0 Å². The topological polar surface area (TPSA) is 55.6 Å². The van der Waals surface area contributed by atoms with E-state index in [9.17, 15) is 4.79 Å². The summed E-state index contributed by atoms with van der Waals surface area (Å²) < 4.78 is 5.74. The number of ether oxygens (including phenoxy) is 1. The lowest BCUT2D eigenvalue weighted by Gasteiger charge is -2.32. The second kappa shape index (κ2) is 7.62. The van der Waals surface area contributed by atoms with E-state index in [1.54, 1.807) is 12.1 Å². The number of rotatable bonds is 5. The summed E-state index contributed by atoms with van der Waals surface area (Å²) in [5, 5.41) is 0.513. The van der Waals surface area contributed by atoms with E-state index in [0.29, 0.717) is 23.7 Å². The predicted molar refractivity (Wildman–Crippen MR) is 80.0 cm³/mol. The highest BCUT2D eigenvalue weighted by Crippen LogP contribution is 2.20. The zero-order chi connectivity index (χ0) is 14.4. The van der Waals surface area contributed by atoms with Gasteiger partial charge in [0.1, 0.15) is 0 Å². The van der Waals surface area contributed by atoms with Crippen LogP contribution < -0.4 is 5.73 Å². The lowest BCUT2D eigenvalue weighted by atomic mass is 10.1. The van der Waals surface area contributed by atoms with Gasteiger partial charge in [0.15, 0.2) is 0 Å². The quantitative estimate of drug-likeness (QED) is 0.848. The molecule has 0 atom stereocenters. The third-order valence-electron chi connectivity index (χ3n) is 3.54. The Bertz CT molecular complexity index is 445. The van der Waals surface area contributed by atoms with Gasteiger partial charge in [-0.25, -0.2) is 0 Å². The number of hydrogen-bond donors (Lipinski definition) is 1. The van der Waals surface area contributed by atoms with Crippen molar-refractivity contribution in [3.63, 3.8) is 0 Å². The van der Waals surface area contributed by atoms with Crippen molar-refractivity contribution < 1.29 is 9.53 Å². The Hall–Kier alpha value is -1.10. The summed E-state index contributed by atoms with van der Waals surface area (Å²) in [6, 6.07) is 7.18. The fraction of sp³-hybridized carbons (Fsp3) is 0.533. The van der Waals surface area contributed by atoms with E-state index in [1.807, 2.05) is 17.0 Å². The van der Waals surface area contributed by atoms with E-state index in [-0.39, 0.29) is 12.0 Å². The summed E-state index contributed by atoms with van der Waals surface area (Å²) in [6.07, 6.45) is 2.89. The van der Waals surface area contributed by atoms with E-state index in [2.05, 4.69) is 0 Å². The number of piperidine rings is 1. The van der Waals surface area contributed by atoms with E-state index in [0.717, 1.165) is 32.4 Å². The van der Waals surface area contributed by atoms with Gasteiger partial charge in [0.25, 0.3) is 5.91 Å². The van der Waals surface area contributed by atoms with E-state index < -0.39 is 0 Å². The average Bonchev–Trinajstić information content (AvgIpc) is 2.48. The van der Waals surface area contributed by atoms with Crippen LogP contribution in [0.4, 0.5) is 0 Å². The predicted octanol–water partition coefficient (Wildman–Crippen LogP) is 2.31. The van der Waals surface area contributed by atoms with Crippen LogP contribution >= 0.6 is 11.6 Å². The smallest absolute Gasteiger partial charge is 0.255 e. The van der Waals surface area contributed by atoms with Crippen molar-refractivity contribution in [2.45, 2.75) is 25.4 Å². The van der Waals surface area contributed by atoms with Gasteiger partial charge in [-0.1, -0.05) is 23.7 Å². The SMILES string of the molecule is NCCCOC1CCN(C(=O)c2ccccc2Cl)CC1. The minimum Gasteiger partial charge on any atom is -0.378 e. The molecular formula is C15H21ClN2O2. The van der Waals surface area contributed by atoms with Gasteiger partial charge in [0, 0.05) is 19.7 Å². The Morgan fingerprint density at radius 2 is 2.05 bits per heavy atom. The normalized spacial score (nSPS) is 16.4. The molecule has 0 bridgehead atoms. The molecule has 0 spiro atoms. The Morgan fingerprint density at radius 1 is 1.35 bits per heavy atom. The van der Waals surface area contributed by atoms with E-state index in [1.165, 1.54) is 0 Å². The summed E-state index contributed by atoms with van der Waals surface area (Å²) in [4.78, 5) is 14.2. The van der Waals surface area contributed by atoms with Crippen LogP contribution in [0.25, 0.3) is 0 Å². The Kier molecular flexibility index (Phi) is 5.83. The van der Waals surface area contributed by atoms with Crippen LogP contribution in [0, 0.1) is 0 Å². The molecule has 0 aliphatic carbocycles. The zero-order valence-electron chi connectivity index (χ0n) is 11.6. The van der Waals surface area contributed by atoms with Crippen molar-refractivity contribution in [2.75, 3.05) is 26.2 Å². The molecule has 1 aliphatic rings. The summed E-state index contributed by atoms with van der Waals surface area (Å²) in [7, 11) is 0. The first kappa shape index (κ1) is 15.3. The molecule has 0 unspecified atom stereocenters. The van der Waals surface area contributed by atoms with Gasteiger partial charge in [-0.3, -0.25) is 4.79 Å².